The van der Waals surface area contributed by atoms with E-state index < -0.39 is 0 Å². The second-order valence-electron chi connectivity index (χ2n) is 4.61. The highest BCUT2D eigenvalue weighted by atomic mass is 16.1. The number of aromatic nitrogens is 1. The van der Waals surface area contributed by atoms with Gasteiger partial charge in [-0.3, -0.25) is 9.59 Å². The van der Waals surface area contributed by atoms with Gasteiger partial charge in [-0.2, -0.15) is 0 Å². The maximum Gasteiger partial charge on any atom is 0.252 e. The van der Waals surface area contributed by atoms with Crippen molar-refractivity contribution in [3.8, 4) is 0 Å². The van der Waals surface area contributed by atoms with Crippen LogP contribution in [0.25, 0.3) is 0 Å². The minimum Gasteiger partial charge on any atom is -0.396 e. The Kier molecular flexibility index (Phi) is 3.55. The van der Waals surface area contributed by atoms with E-state index >= 15 is 0 Å². The highest BCUT2D eigenvalue weighted by Crippen LogP contribution is 2.24. The first kappa shape index (κ1) is 12.5. The van der Waals surface area contributed by atoms with Crippen LogP contribution in [0.5, 0.6) is 0 Å². The van der Waals surface area contributed by atoms with Crippen LogP contribution in [-0.2, 0) is 11.8 Å². The van der Waals surface area contributed by atoms with E-state index in [2.05, 4.69) is 10.2 Å². The van der Waals surface area contributed by atoms with E-state index in [0.29, 0.717) is 5.69 Å². The summed E-state index contributed by atoms with van der Waals surface area (Å²) in [6, 6.07) is 1.80. The van der Waals surface area contributed by atoms with E-state index in [4.69, 9.17) is 5.73 Å². The second-order valence-corrected chi connectivity index (χ2v) is 4.61. The lowest BCUT2D eigenvalue weighted by Crippen LogP contribution is -2.42. The molecule has 2 heterocycles. The number of nitrogens with zero attached hydrogens (tertiary/aromatic N) is 2. The van der Waals surface area contributed by atoms with Gasteiger partial charge in [0.25, 0.3) is 5.56 Å². The summed E-state index contributed by atoms with van der Waals surface area (Å²) in [5.41, 5.74) is 7.28. The zero-order valence-electron chi connectivity index (χ0n) is 10.4. The van der Waals surface area contributed by atoms with Crippen LogP contribution in [-0.4, -0.2) is 30.1 Å². The zero-order valence-corrected chi connectivity index (χ0v) is 10.4. The molecule has 1 aliphatic heterocycles. The number of hydrogen-bond acceptors (Lipinski definition) is 4. The molecule has 0 aliphatic carbocycles. The molecule has 0 radical (unpaired) electrons. The summed E-state index contributed by atoms with van der Waals surface area (Å²) >= 11 is 0. The Morgan fingerprint density at radius 2 is 2.11 bits per heavy atom. The Bertz CT molecular complexity index is 489. The van der Waals surface area contributed by atoms with Crippen molar-refractivity contribution in [2.75, 3.05) is 23.7 Å². The van der Waals surface area contributed by atoms with Crippen LogP contribution in [0.1, 0.15) is 12.8 Å². The van der Waals surface area contributed by atoms with Crippen LogP contribution in [0.15, 0.2) is 17.1 Å². The molecule has 1 fully saturated rings. The van der Waals surface area contributed by atoms with Crippen LogP contribution >= 0.6 is 0 Å². The van der Waals surface area contributed by atoms with Crippen molar-refractivity contribution in [2.45, 2.75) is 18.9 Å². The zero-order chi connectivity index (χ0) is 13.1. The lowest BCUT2D eigenvalue weighted by molar-refractivity contribution is -0.110. The van der Waals surface area contributed by atoms with Gasteiger partial charge >= 0.3 is 0 Å². The number of nitrogens with two attached hydrogens (primary N) is 1. The van der Waals surface area contributed by atoms with Crippen molar-refractivity contribution >= 4 is 17.8 Å². The predicted octanol–water partition coefficient (Wildman–Crippen LogP) is -0.318. The van der Waals surface area contributed by atoms with Gasteiger partial charge in [0.15, 0.2) is 0 Å². The van der Waals surface area contributed by atoms with Gasteiger partial charge in [-0.25, -0.2) is 0 Å². The standard InChI is InChI=1S/C12H18N4O2/c1-15-7-10(13)11(6-12(15)18)16-4-2-9(3-5-16)14-8-17/h6-9H,2-5,13H2,1H3,(H,14,17). The minimum absolute atomic E-state index is 0.0626. The third-order valence-corrected chi connectivity index (χ3v) is 3.38. The molecular formula is C12H18N4O2. The molecule has 0 spiro atoms. The summed E-state index contributed by atoms with van der Waals surface area (Å²) in [6.45, 7) is 1.59. The summed E-state index contributed by atoms with van der Waals surface area (Å²) < 4.78 is 1.47. The molecule has 0 saturated carbocycles. The number of aryl methyl sites for hydroxylation is 1. The number of piperidine rings is 1. The van der Waals surface area contributed by atoms with Crippen LogP contribution in [0.2, 0.25) is 0 Å². The Labute approximate surface area is 105 Å². The monoisotopic (exact) mass is 250 g/mol. The van der Waals surface area contributed by atoms with Gasteiger partial charge in [-0.15, -0.1) is 0 Å². The number of carbonyl (C=O) groups excluding carboxylic acids is 1. The van der Waals surface area contributed by atoms with E-state index in [1.54, 1.807) is 19.3 Å². The molecule has 6 nitrogen and oxygen atoms in total. The van der Waals surface area contributed by atoms with Gasteiger partial charge in [-0.05, 0) is 12.8 Å². The number of rotatable bonds is 3. The fourth-order valence-corrected chi connectivity index (χ4v) is 2.30. The van der Waals surface area contributed by atoms with Gasteiger partial charge in [-0.1, -0.05) is 0 Å². The molecule has 1 aliphatic rings. The molecule has 0 bridgehead atoms. The smallest absolute Gasteiger partial charge is 0.252 e. The lowest BCUT2D eigenvalue weighted by Gasteiger charge is -2.33. The van der Waals surface area contributed by atoms with E-state index in [0.717, 1.165) is 38.0 Å². The summed E-state index contributed by atoms with van der Waals surface area (Å²) in [4.78, 5) is 24.1. The molecule has 1 amide bonds. The molecule has 1 saturated heterocycles. The van der Waals surface area contributed by atoms with E-state index in [1.807, 2.05) is 0 Å². The predicted molar refractivity (Wildman–Crippen MR) is 70.5 cm³/mol. The van der Waals surface area contributed by atoms with Gasteiger partial charge in [0, 0.05) is 38.4 Å². The first-order chi connectivity index (χ1) is 8.61. The van der Waals surface area contributed by atoms with Gasteiger partial charge in [0.1, 0.15) is 0 Å². The Hall–Kier alpha value is -1.98. The van der Waals surface area contributed by atoms with Crippen molar-refractivity contribution in [1.29, 1.82) is 0 Å². The van der Waals surface area contributed by atoms with Gasteiger partial charge in [0.2, 0.25) is 6.41 Å². The highest BCUT2D eigenvalue weighted by Gasteiger charge is 2.20. The Morgan fingerprint density at radius 1 is 1.44 bits per heavy atom. The summed E-state index contributed by atoms with van der Waals surface area (Å²) in [7, 11) is 1.68. The average Bonchev–Trinajstić information content (AvgIpc) is 2.35. The van der Waals surface area contributed by atoms with Crippen molar-refractivity contribution in [1.82, 2.24) is 9.88 Å². The third-order valence-electron chi connectivity index (χ3n) is 3.38. The molecule has 1 aromatic heterocycles. The number of nitrogen functional groups attached to an aromatic ring is 1. The first-order valence-electron chi connectivity index (χ1n) is 6.02. The van der Waals surface area contributed by atoms with Crippen molar-refractivity contribution < 1.29 is 4.79 Å². The lowest BCUT2D eigenvalue weighted by atomic mass is 10.0. The number of anilines is 2. The number of hydrogen-bond donors (Lipinski definition) is 2. The largest absolute Gasteiger partial charge is 0.396 e. The quantitative estimate of drug-likeness (QED) is 0.721. The topological polar surface area (TPSA) is 80.4 Å². The van der Waals surface area contributed by atoms with E-state index in [9.17, 15) is 9.59 Å². The maximum absolute atomic E-state index is 11.6. The van der Waals surface area contributed by atoms with Gasteiger partial charge in [0.05, 0.1) is 11.4 Å². The van der Waals surface area contributed by atoms with Crippen LogP contribution in [0, 0.1) is 0 Å². The van der Waals surface area contributed by atoms with Crippen molar-refractivity contribution in [3.63, 3.8) is 0 Å². The summed E-state index contributed by atoms with van der Waals surface area (Å²) in [5, 5.41) is 2.79. The summed E-state index contributed by atoms with van der Waals surface area (Å²) in [6.07, 6.45) is 4.13. The fourth-order valence-electron chi connectivity index (χ4n) is 2.30. The van der Waals surface area contributed by atoms with Gasteiger partial charge < -0.3 is 20.5 Å². The molecule has 18 heavy (non-hydrogen) atoms. The summed E-state index contributed by atoms with van der Waals surface area (Å²) in [5.74, 6) is 0. The molecule has 6 heteroatoms. The van der Waals surface area contributed by atoms with Crippen molar-refractivity contribution in [3.05, 3.63) is 22.6 Å². The average molecular weight is 250 g/mol. The maximum atomic E-state index is 11.6. The Balaban J connectivity index is 2.12. The number of pyridine rings is 1. The Morgan fingerprint density at radius 3 is 2.72 bits per heavy atom. The molecule has 1 aromatic rings. The highest BCUT2D eigenvalue weighted by molar-refractivity contribution is 5.66. The fraction of sp³-hybridized carbons (Fsp3) is 0.500. The molecule has 0 aromatic carbocycles. The van der Waals surface area contributed by atoms with Crippen molar-refractivity contribution in [2.24, 2.45) is 7.05 Å². The molecule has 98 valence electrons. The van der Waals surface area contributed by atoms with E-state index in [-0.39, 0.29) is 11.6 Å². The van der Waals surface area contributed by atoms with Crippen LogP contribution in [0.4, 0.5) is 11.4 Å². The van der Waals surface area contributed by atoms with E-state index in [1.165, 1.54) is 4.57 Å². The normalized spacial score (nSPS) is 16.6. The molecule has 2 rings (SSSR count). The molecule has 0 atom stereocenters. The second kappa shape index (κ2) is 5.12. The SMILES string of the molecule is Cn1cc(N)c(N2CCC(NC=O)CC2)cc1=O. The number of carbonyl (C=O) groups is 1. The first-order valence-corrected chi connectivity index (χ1v) is 6.02. The minimum atomic E-state index is -0.0626. The molecular weight excluding hydrogens is 232 g/mol. The third kappa shape index (κ3) is 2.47. The number of nitrogens with one attached hydrogen (secondary N) is 1. The van der Waals surface area contributed by atoms with Crippen LogP contribution in [0.3, 0.4) is 0 Å². The number of amides is 1. The molecule has 0 unspecified atom stereocenters. The van der Waals surface area contributed by atoms with Crippen LogP contribution < -0.4 is 21.5 Å². The molecule has 3 N–H and O–H groups in total.